The Bertz CT molecular complexity index is 701. The first-order chi connectivity index (χ1) is 9.33. The standard InChI is InChI=1S/C15H16N4/c1-2-19-14-6-5-11(9-16)8-13(14)18-15(19)12-4-3-7-17-10-12/h3-8,10H,2,9,16H2,1H3. The van der Waals surface area contributed by atoms with E-state index in [1.165, 1.54) is 0 Å². The number of fused-ring (bicyclic) bond motifs is 1. The second-order valence-electron chi connectivity index (χ2n) is 4.45. The zero-order valence-corrected chi connectivity index (χ0v) is 10.9. The Morgan fingerprint density at radius 1 is 1.26 bits per heavy atom. The largest absolute Gasteiger partial charge is 0.326 e. The summed E-state index contributed by atoms with van der Waals surface area (Å²) in [6.07, 6.45) is 3.62. The van der Waals surface area contributed by atoms with Gasteiger partial charge in [-0.3, -0.25) is 4.98 Å². The van der Waals surface area contributed by atoms with Crippen LogP contribution in [0.1, 0.15) is 12.5 Å². The van der Waals surface area contributed by atoms with Gasteiger partial charge in [0.1, 0.15) is 5.82 Å². The predicted molar refractivity (Wildman–Crippen MR) is 76.5 cm³/mol. The summed E-state index contributed by atoms with van der Waals surface area (Å²) in [6.45, 7) is 3.54. The summed E-state index contributed by atoms with van der Waals surface area (Å²) in [5.41, 5.74) is 9.95. The first-order valence-corrected chi connectivity index (χ1v) is 6.43. The van der Waals surface area contributed by atoms with Gasteiger partial charge in [-0.05, 0) is 36.8 Å². The molecule has 1 aromatic carbocycles. The average Bonchev–Trinajstić information content (AvgIpc) is 2.85. The van der Waals surface area contributed by atoms with Gasteiger partial charge in [-0.15, -0.1) is 0 Å². The van der Waals surface area contributed by atoms with Crippen LogP contribution in [0.3, 0.4) is 0 Å². The van der Waals surface area contributed by atoms with E-state index in [-0.39, 0.29) is 0 Å². The summed E-state index contributed by atoms with van der Waals surface area (Å²) < 4.78 is 2.20. The molecule has 4 nitrogen and oxygen atoms in total. The van der Waals surface area contributed by atoms with Crippen molar-refractivity contribution in [3.63, 3.8) is 0 Å². The van der Waals surface area contributed by atoms with Gasteiger partial charge in [-0.25, -0.2) is 4.98 Å². The molecule has 3 aromatic rings. The van der Waals surface area contributed by atoms with Gasteiger partial charge in [-0.2, -0.15) is 0 Å². The number of rotatable bonds is 3. The quantitative estimate of drug-likeness (QED) is 0.779. The predicted octanol–water partition coefficient (Wildman–Crippen LogP) is 2.58. The van der Waals surface area contributed by atoms with Crippen molar-refractivity contribution in [3.05, 3.63) is 48.3 Å². The van der Waals surface area contributed by atoms with Crippen LogP contribution in [0.15, 0.2) is 42.7 Å². The number of benzene rings is 1. The van der Waals surface area contributed by atoms with Gasteiger partial charge in [0.05, 0.1) is 11.0 Å². The lowest BCUT2D eigenvalue weighted by Gasteiger charge is -2.05. The van der Waals surface area contributed by atoms with Gasteiger partial charge in [-0.1, -0.05) is 6.07 Å². The van der Waals surface area contributed by atoms with Crippen LogP contribution in [0.2, 0.25) is 0 Å². The second kappa shape index (κ2) is 4.82. The lowest BCUT2D eigenvalue weighted by atomic mass is 10.2. The van der Waals surface area contributed by atoms with Crippen molar-refractivity contribution in [2.75, 3.05) is 0 Å². The minimum absolute atomic E-state index is 0.539. The number of pyridine rings is 1. The van der Waals surface area contributed by atoms with Crippen LogP contribution < -0.4 is 5.73 Å². The maximum absolute atomic E-state index is 5.68. The van der Waals surface area contributed by atoms with Gasteiger partial charge in [0.15, 0.2) is 0 Å². The van der Waals surface area contributed by atoms with E-state index in [9.17, 15) is 0 Å². The van der Waals surface area contributed by atoms with E-state index >= 15 is 0 Å². The second-order valence-corrected chi connectivity index (χ2v) is 4.45. The van der Waals surface area contributed by atoms with Gasteiger partial charge in [0, 0.05) is 31.0 Å². The Morgan fingerprint density at radius 3 is 2.84 bits per heavy atom. The van der Waals surface area contributed by atoms with E-state index < -0.39 is 0 Å². The van der Waals surface area contributed by atoms with Crippen LogP contribution in [0, 0.1) is 0 Å². The average molecular weight is 252 g/mol. The van der Waals surface area contributed by atoms with Crippen LogP contribution in [0.4, 0.5) is 0 Å². The van der Waals surface area contributed by atoms with Crippen molar-refractivity contribution < 1.29 is 0 Å². The highest BCUT2D eigenvalue weighted by atomic mass is 15.1. The van der Waals surface area contributed by atoms with Gasteiger partial charge in [0.2, 0.25) is 0 Å². The number of aryl methyl sites for hydroxylation is 1. The lowest BCUT2D eigenvalue weighted by molar-refractivity contribution is 0.796. The summed E-state index contributed by atoms with van der Waals surface area (Å²) in [4.78, 5) is 8.90. The lowest BCUT2D eigenvalue weighted by Crippen LogP contribution is -1.98. The normalized spacial score (nSPS) is 11.1. The molecule has 2 aromatic heterocycles. The van der Waals surface area contributed by atoms with Crippen molar-refractivity contribution in [1.82, 2.24) is 14.5 Å². The van der Waals surface area contributed by atoms with Crippen LogP contribution in [-0.4, -0.2) is 14.5 Å². The van der Waals surface area contributed by atoms with Gasteiger partial charge >= 0.3 is 0 Å². The highest BCUT2D eigenvalue weighted by Gasteiger charge is 2.11. The van der Waals surface area contributed by atoms with Gasteiger partial charge in [0.25, 0.3) is 0 Å². The van der Waals surface area contributed by atoms with E-state index in [1.807, 2.05) is 18.3 Å². The molecule has 0 bridgehead atoms. The van der Waals surface area contributed by atoms with Crippen LogP contribution in [0.5, 0.6) is 0 Å². The molecule has 0 aliphatic rings. The van der Waals surface area contributed by atoms with Crippen molar-refractivity contribution in [1.29, 1.82) is 0 Å². The maximum Gasteiger partial charge on any atom is 0.142 e. The van der Waals surface area contributed by atoms with E-state index in [0.717, 1.165) is 34.5 Å². The molecule has 0 atom stereocenters. The minimum Gasteiger partial charge on any atom is -0.326 e. The maximum atomic E-state index is 5.68. The number of hydrogen-bond donors (Lipinski definition) is 1. The Morgan fingerprint density at radius 2 is 2.16 bits per heavy atom. The SMILES string of the molecule is CCn1c(-c2cccnc2)nc2cc(CN)ccc21. The van der Waals surface area contributed by atoms with Crippen molar-refractivity contribution in [2.24, 2.45) is 5.73 Å². The Balaban J connectivity index is 2.25. The van der Waals surface area contributed by atoms with Crippen LogP contribution in [-0.2, 0) is 13.1 Å². The third kappa shape index (κ3) is 2.00. The molecule has 0 aliphatic carbocycles. The van der Waals surface area contributed by atoms with Gasteiger partial charge < -0.3 is 10.3 Å². The third-order valence-electron chi connectivity index (χ3n) is 3.28. The van der Waals surface area contributed by atoms with Crippen LogP contribution >= 0.6 is 0 Å². The molecule has 0 aliphatic heterocycles. The zero-order valence-electron chi connectivity index (χ0n) is 10.9. The number of nitrogens with two attached hydrogens (primary N) is 1. The molecule has 0 spiro atoms. The fourth-order valence-corrected chi connectivity index (χ4v) is 2.34. The smallest absolute Gasteiger partial charge is 0.142 e. The van der Waals surface area contributed by atoms with Crippen molar-refractivity contribution in [3.8, 4) is 11.4 Å². The Kier molecular flexibility index (Phi) is 3.01. The summed E-state index contributed by atoms with van der Waals surface area (Å²) in [7, 11) is 0. The summed E-state index contributed by atoms with van der Waals surface area (Å²) in [6, 6.07) is 10.2. The fraction of sp³-hybridized carbons (Fsp3) is 0.200. The Hall–Kier alpha value is -2.20. The summed E-state index contributed by atoms with van der Waals surface area (Å²) >= 11 is 0. The van der Waals surface area contributed by atoms with E-state index in [1.54, 1.807) is 6.20 Å². The molecule has 0 saturated carbocycles. The number of imidazole rings is 1. The zero-order chi connectivity index (χ0) is 13.2. The molecule has 0 saturated heterocycles. The van der Waals surface area contributed by atoms with E-state index in [4.69, 9.17) is 10.7 Å². The molecule has 19 heavy (non-hydrogen) atoms. The summed E-state index contributed by atoms with van der Waals surface area (Å²) in [5, 5.41) is 0. The minimum atomic E-state index is 0.539. The Labute approximate surface area is 111 Å². The third-order valence-corrected chi connectivity index (χ3v) is 3.28. The summed E-state index contributed by atoms with van der Waals surface area (Å²) in [5.74, 6) is 0.958. The molecular formula is C15H16N4. The molecule has 4 heteroatoms. The van der Waals surface area contributed by atoms with E-state index in [2.05, 4.69) is 34.7 Å². The molecule has 3 rings (SSSR count). The van der Waals surface area contributed by atoms with Crippen molar-refractivity contribution in [2.45, 2.75) is 20.0 Å². The first kappa shape index (κ1) is 11.9. The molecule has 0 unspecified atom stereocenters. The van der Waals surface area contributed by atoms with E-state index in [0.29, 0.717) is 6.54 Å². The molecular weight excluding hydrogens is 236 g/mol. The molecule has 0 amide bonds. The molecule has 2 heterocycles. The number of aromatic nitrogens is 3. The molecule has 0 radical (unpaired) electrons. The molecule has 96 valence electrons. The fourth-order valence-electron chi connectivity index (χ4n) is 2.34. The molecule has 2 N–H and O–H groups in total. The first-order valence-electron chi connectivity index (χ1n) is 6.43. The van der Waals surface area contributed by atoms with Crippen molar-refractivity contribution >= 4 is 11.0 Å². The topological polar surface area (TPSA) is 56.7 Å². The monoisotopic (exact) mass is 252 g/mol. The number of hydrogen-bond acceptors (Lipinski definition) is 3. The highest BCUT2D eigenvalue weighted by molar-refractivity contribution is 5.81. The molecule has 0 fully saturated rings. The number of nitrogens with zero attached hydrogens (tertiary/aromatic N) is 3. The van der Waals surface area contributed by atoms with Crippen LogP contribution in [0.25, 0.3) is 22.4 Å². The highest BCUT2D eigenvalue weighted by Crippen LogP contribution is 2.24.